The highest BCUT2D eigenvalue weighted by Crippen LogP contribution is 2.24. The van der Waals surface area contributed by atoms with Crippen LogP contribution in [0.1, 0.15) is 28.8 Å². The molecule has 1 saturated heterocycles. The molecular weight excluding hydrogens is 420 g/mol. The number of rotatable bonds is 6. The zero-order valence-corrected chi connectivity index (χ0v) is 17.1. The molecule has 1 amide bonds. The summed E-state index contributed by atoms with van der Waals surface area (Å²) in [4.78, 5) is 29.7. The normalized spacial score (nSPS) is 14.9. The molecule has 0 radical (unpaired) electrons. The van der Waals surface area contributed by atoms with Crippen LogP contribution in [0.25, 0.3) is 5.69 Å². The summed E-state index contributed by atoms with van der Waals surface area (Å²) in [6.07, 6.45) is 5.94. The van der Waals surface area contributed by atoms with Gasteiger partial charge in [0.15, 0.2) is 11.6 Å². The number of imidazole rings is 1. The first-order valence-corrected chi connectivity index (χ1v) is 10.1. The van der Waals surface area contributed by atoms with Gasteiger partial charge in [-0.25, -0.2) is 13.8 Å². The predicted octanol–water partition coefficient (Wildman–Crippen LogP) is 3.45. The molecule has 0 spiro atoms. The number of nitrogens with zero attached hydrogens (tertiary/aromatic N) is 4. The number of nitro groups is 1. The maximum absolute atomic E-state index is 13.4. The first-order chi connectivity index (χ1) is 15.4. The number of hydrogen-bond donors (Lipinski definition) is 1. The third kappa shape index (κ3) is 4.80. The monoisotopic (exact) mass is 441 g/mol. The Bertz CT molecular complexity index is 1130. The molecule has 2 heterocycles. The Morgan fingerprint density at radius 1 is 1.16 bits per heavy atom. The number of nitro benzene ring substituents is 1. The molecule has 0 atom stereocenters. The number of carbonyl (C=O) groups excluding carboxylic acids is 1. The van der Waals surface area contributed by atoms with E-state index in [2.05, 4.69) is 15.2 Å². The fourth-order valence-electron chi connectivity index (χ4n) is 3.83. The maximum Gasteiger partial charge on any atom is 0.294 e. The average Bonchev–Trinajstić information content (AvgIpc) is 3.32. The molecule has 8 nitrogen and oxygen atoms in total. The standard InChI is InChI=1S/C22H21F2N5O3/c23-18-3-1-15(11-19(18)24)13-27-8-5-17(6-9-27)26-22(30)16-2-4-20(21(12-16)29(31)32)28-10-7-25-14-28/h1-4,7,10-12,14,17H,5-6,8-9,13H2,(H,26,30). The molecule has 1 N–H and O–H groups in total. The highest BCUT2D eigenvalue weighted by molar-refractivity contribution is 5.95. The van der Waals surface area contributed by atoms with Crippen molar-refractivity contribution < 1.29 is 18.5 Å². The van der Waals surface area contributed by atoms with E-state index in [-0.39, 0.29) is 23.2 Å². The molecule has 32 heavy (non-hydrogen) atoms. The van der Waals surface area contributed by atoms with Crippen LogP contribution in [-0.4, -0.2) is 44.4 Å². The quantitative estimate of drug-likeness (QED) is 0.467. The maximum atomic E-state index is 13.4. The molecule has 0 bridgehead atoms. The van der Waals surface area contributed by atoms with Crippen LogP contribution in [0.3, 0.4) is 0 Å². The van der Waals surface area contributed by atoms with Crippen molar-refractivity contribution in [3.05, 3.63) is 88.0 Å². The summed E-state index contributed by atoms with van der Waals surface area (Å²) >= 11 is 0. The molecule has 10 heteroatoms. The molecule has 1 aliphatic rings. The van der Waals surface area contributed by atoms with Gasteiger partial charge in [-0.1, -0.05) is 6.07 Å². The van der Waals surface area contributed by atoms with Crippen molar-refractivity contribution in [1.29, 1.82) is 0 Å². The van der Waals surface area contributed by atoms with E-state index >= 15 is 0 Å². The van der Waals surface area contributed by atoms with Crippen molar-refractivity contribution in [2.45, 2.75) is 25.4 Å². The minimum absolute atomic E-state index is 0.0731. The number of nitrogens with one attached hydrogen (secondary N) is 1. The smallest absolute Gasteiger partial charge is 0.294 e. The summed E-state index contributed by atoms with van der Waals surface area (Å²) in [6, 6.07) is 8.15. The van der Waals surface area contributed by atoms with Crippen LogP contribution in [0.5, 0.6) is 0 Å². The van der Waals surface area contributed by atoms with Crippen LogP contribution < -0.4 is 5.32 Å². The molecule has 0 saturated carbocycles. The van der Waals surface area contributed by atoms with Crippen molar-refractivity contribution in [1.82, 2.24) is 19.8 Å². The number of benzene rings is 2. The van der Waals surface area contributed by atoms with E-state index in [1.807, 2.05) is 0 Å². The van der Waals surface area contributed by atoms with Crippen LogP contribution in [0.15, 0.2) is 55.1 Å². The topological polar surface area (TPSA) is 93.3 Å². The molecule has 2 aromatic carbocycles. The van der Waals surface area contributed by atoms with Gasteiger partial charge in [0.2, 0.25) is 0 Å². The first kappa shape index (κ1) is 21.6. The van der Waals surface area contributed by atoms with E-state index in [9.17, 15) is 23.7 Å². The van der Waals surface area contributed by atoms with Crippen molar-refractivity contribution in [2.24, 2.45) is 0 Å². The zero-order valence-electron chi connectivity index (χ0n) is 17.1. The molecule has 166 valence electrons. The van der Waals surface area contributed by atoms with Gasteiger partial charge in [0.25, 0.3) is 11.6 Å². The van der Waals surface area contributed by atoms with Gasteiger partial charge in [0.1, 0.15) is 5.69 Å². The number of piperidine rings is 1. The second kappa shape index (κ2) is 9.23. The predicted molar refractivity (Wildman–Crippen MR) is 112 cm³/mol. The SMILES string of the molecule is O=C(NC1CCN(Cc2ccc(F)c(F)c2)CC1)c1ccc(-n2ccnc2)c([N+](=O)[O-])c1. The largest absolute Gasteiger partial charge is 0.349 e. The second-order valence-electron chi connectivity index (χ2n) is 7.70. The van der Waals surface area contributed by atoms with E-state index in [0.717, 1.165) is 6.07 Å². The van der Waals surface area contributed by atoms with Crippen molar-refractivity contribution in [3.63, 3.8) is 0 Å². The third-order valence-electron chi connectivity index (χ3n) is 5.53. The van der Waals surface area contributed by atoms with E-state index < -0.39 is 16.6 Å². The van der Waals surface area contributed by atoms with Crippen LogP contribution in [0.4, 0.5) is 14.5 Å². The fraction of sp³-hybridized carbons (Fsp3) is 0.273. The highest BCUT2D eigenvalue weighted by Gasteiger charge is 2.23. The van der Waals surface area contributed by atoms with Crippen molar-refractivity contribution in [3.8, 4) is 5.69 Å². The molecule has 4 rings (SSSR count). The second-order valence-corrected chi connectivity index (χ2v) is 7.70. The lowest BCUT2D eigenvalue weighted by molar-refractivity contribution is -0.384. The summed E-state index contributed by atoms with van der Waals surface area (Å²) in [5.74, 6) is -2.10. The van der Waals surface area contributed by atoms with Gasteiger partial charge in [-0.3, -0.25) is 19.8 Å². The minimum atomic E-state index is -0.867. The van der Waals surface area contributed by atoms with Gasteiger partial charge in [0.05, 0.1) is 11.3 Å². The summed E-state index contributed by atoms with van der Waals surface area (Å²) in [5.41, 5.74) is 1.05. The van der Waals surface area contributed by atoms with Gasteiger partial charge >= 0.3 is 0 Å². The Morgan fingerprint density at radius 2 is 1.94 bits per heavy atom. The van der Waals surface area contributed by atoms with E-state index in [0.29, 0.717) is 43.7 Å². The lowest BCUT2D eigenvalue weighted by atomic mass is 10.0. The fourth-order valence-corrected chi connectivity index (χ4v) is 3.83. The van der Waals surface area contributed by atoms with Gasteiger partial charge in [0, 0.05) is 49.7 Å². The molecule has 1 aromatic heterocycles. The number of likely N-dealkylation sites (tertiary alicyclic amines) is 1. The highest BCUT2D eigenvalue weighted by atomic mass is 19.2. The van der Waals surface area contributed by atoms with Gasteiger partial charge in [-0.05, 0) is 42.7 Å². The Hall–Kier alpha value is -3.66. The van der Waals surface area contributed by atoms with Gasteiger partial charge in [-0.2, -0.15) is 0 Å². The minimum Gasteiger partial charge on any atom is -0.349 e. The molecule has 0 aliphatic carbocycles. The zero-order chi connectivity index (χ0) is 22.7. The van der Waals surface area contributed by atoms with Crippen LogP contribution in [0, 0.1) is 21.7 Å². The molecular formula is C22H21F2N5O3. The average molecular weight is 441 g/mol. The first-order valence-electron chi connectivity index (χ1n) is 10.1. The molecule has 1 fully saturated rings. The summed E-state index contributed by atoms with van der Waals surface area (Å²) in [6.45, 7) is 1.87. The van der Waals surface area contributed by atoms with E-state index in [1.54, 1.807) is 18.3 Å². The van der Waals surface area contributed by atoms with Crippen LogP contribution in [-0.2, 0) is 6.54 Å². The number of aromatic nitrogens is 2. The summed E-state index contributed by atoms with van der Waals surface area (Å²) < 4.78 is 28.0. The number of hydrogen-bond acceptors (Lipinski definition) is 5. The van der Waals surface area contributed by atoms with Crippen LogP contribution in [0.2, 0.25) is 0 Å². The van der Waals surface area contributed by atoms with Crippen LogP contribution >= 0.6 is 0 Å². The van der Waals surface area contributed by atoms with Crippen molar-refractivity contribution >= 4 is 11.6 Å². The third-order valence-corrected chi connectivity index (χ3v) is 5.53. The Morgan fingerprint density at radius 3 is 2.59 bits per heavy atom. The number of amides is 1. The molecule has 0 unspecified atom stereocenters. The molecule has 3 aromatic rings. The Kier molecular flexibility index (Phi) is 6.22. The number of carbonyl (C=O) groups is 1. The summed E-state index contributed by atoms with van der Waals surface area (Å²) in [5, 5.41) is 14.4. The van der Waals surface area contributed by atoms with E-state index in [4.69, 9.17) is 0 Å². The summed E-state index contributed by atoms with van der Waals surface area (Å²) in [7, 11) is 0. The lowest BCUT2D eigenvalue weighted by Crippen LogP contribution is -2.44. The van der Waals surface area contributed by atoms with Gasteiger partial charge < -0.3 is 9.88 Å². The Labute approximate surface area is 182 Å². The molecule has 1 aliphatic heterocycles. The lowest BCUT2D eigenvalue weighted by Gasteiger charge is -2.32. The van der Waals surface area contributed by atoms with Gasteiger partial charge in [-0.15, -0.1) is 0 Å². The van der Waals surface area contributed by atoms with Crippen molar-refractivity contribution in [2.75, 3.05) is 13.1 Å². The number of halogens is 2. The Balaban J connectivity index is 1.36. The van der Waals surface area contributed by atoms with E-state index in [1.165, 1.54) is 35.3 Å².